The molecule has 1 aromatic rings. The highest BCUT2D eigenvalue weighted by Gasteiger charge is 2.09. The molecule has 0 heterocycles. The van der Waals surface area contributed by atoms with Gasteiger partial charge in [-0.25, -0.2) is 8.42 Å². The van der Waals surface area contributed by atoms with Gasteiger partial charge in [0.05, 0.1) is 12.4 Å². The number of anilines is 2. The van der Waals surface area contributed by atoms with Gasteiger partial charge in [0, 0.05) is 25.0 Å². The van der Waals surface area contributed by atoms with E-state index in [0.717, 1.165) is 18.7 Å². The topological polar surface area (TPSA) is 67.4 Å². The summed E-state index contributed by atoms with van der Waals surface area (Å²) >= 11 is 0. The molecule has 0 bridgehead atoms. The smallest absolute Gasteiger partial charge is 0.232 e. The Bertz CT molecular complexity index is 457. The number of methoxy groups -OCH3 is 1. The maximum atomic E-state index is 11.7. The van der Waals surface area contributed by atoms with Crippen LogP contribution in [-0.4, -0.2) is 34.4 Å². The van der Waals surface area contributed by atoms with Crippen molar-refractivity contribution in [3.05, 3.63) is 24.3 Å². The summed E-state index contributed by atoms with van der Waals surface area (Å²) < 4.78 is 30.9. The van der Waals surface area contributed by atoms with Crippen LogP contribution in [0.3, 0.4) is 0 Å². The number of sulfonamides is 1. The van der Waals surface area contributed by atoms with Crippen LogP contribution in [0.4, 0.5) is 11.4 Å². The average Bonchev–Trinajstić information content (AvgIpc) is 2.38. The van der Waals surface area contributed by atoms with E-state index in [4.69, 9.17) is 4.74 Å². The Balaban J connectivity index is 2.52. The van der Waals surface area contributed by atoms with Crippen molar-refractivity contribution in [1.82, 2.24) is 0 Å². The Morgan fingerprint density at radius 1 is 1.16 bits per heavy atom. The van der Waals surface area contributed by atoms with Gasteiger partial charge >= 0.3 is 0 Å². The summed E-state index contributed by atoms with van der Waals surface area (Å²) in [5, 5.41) is 3.17. The molecular weight excluding hydrogens is 264 g/mol. The van der Waals surface area contributed by atoms with Crippen LogP contribution in [0.25, 0.3) is 0 Å². The maximum Gasteiger partial charge on any atom is 0.232 e. The Labute approximate surface area is 115 Å². The van der Waals surface area contributed by atoms with E-state index in [1.165, 1.54) is 0 Å². The van der Waals surface area contributed by atoms with Gasteiger partial charge in [-0.1, -0.05) is 13.3 Å². The van der Waals surface area contributed by atoms with Crippen LogP contribution in [0.1, 0.15) is 19.8 Å². The lowest BCUT2D eigenvalue weighted by molar-refractivity contribution is 0.211. The highest BCUT2D eigenvalue weighted by atomic mass is 32.2. The molecule has 1 aromatic carbocycles. The highest BCUT2D eigenvalue weighted by molar-refractivity contribution is 7.92. The summed E-state index contributed by atoms with van der Waals surface area (Å²) in [6.07, 6.45) is 1.54. The molecular formula is C13H22N2O3S. The first kappa shape index (κ1) is 15.8. The standard InChI is InChI=1S/C13H22N2O3S/c1-3-4-11-19(16,17)15-13-7-5-12(6-8-13)14-9-10-18-2/h5-8,14-15H,3-4,9-11H2,1-2H3. The number of hydrogen-bond donors (Lipinski definition) is 2. The van der Waals surface area contributed by atoms with Gasteiger partial charge in [-0.2, -0.15) is 0 Å². The molecule has 0 radical (unpaired) electrons. The molecule has 0 aromatic heterocycles. The van der Waals surface area contributed by atoms with Gasteiger partial charge in [0.1, 0.15) is 0 Å². The molecule has 0 aliphatic rings. The largest absolute Gasteiger partial charge is 0.383 e. The van der Waals surface area contributed by atoms with Crippen molar-refractivity contribution >= 4 is 21.4 Å². The molecule has 0 amide bonds. The third-order valence-corrected chi connectivity index (χ3v) is 3.93. The third-order valence-electron chi connectivity index (χ3n) is 2.56. The molecule has 5 nitrogen and oxygen atoms in total. The molecule has 0 saturated carbocycles. The molecule has 0 atom stereocenters. The number of benzene rings is 1. The summed E-state index contributed by atoms with van der Waals surface area (Å²) in [5.41, 5.74) is 1.53. The van der Waals surface area contributed by atoms with Crippen LogP contribution in [0.2, 0.25) is 0 Å². The number of ether oxygens (including phenoxy) is 1. The predicted molar refractivity (Wildman–Crippen MR) is 79.1 cm³/mol. The first-order valence-electron chi connectivity index (χ1n) is 6.41. The Kier molecular flexibility index (Phi) is 6.66. The van der Waals surface area contributed by atoms with Crippen molar-refractivity contribution in [3.8, 4) is 0 Å². The second-order valence-corrected chi connectivity index (χ2v) is 6.11. The zero-order valence-electron chi connectivity index (χ0n) is 11.5. The van der Waals surface area contributed by atoms with Crippen molar-refractivity contribution in [3.63, 3.8) is 0 Å². The minimum Gasteiger partial charge on any atom is -0.383 e. The van der Waals surface area contributed by atoms with Gasteiger partial charge in [0.15, 0.2) is 0 Å². The maximum absolute atomic E-state index is 11.7. The van der Waals surface area contributed by atoms with Crippen LogP contribution in [0.5, 0.6) is 0 Å². The van der Waals surface area contributed by atoms with Crippen LogP contribution in [0.15, 0.2) is 24.3 Å². The van der Waals surface area contributed by atoms with Crippen molar-refractivity contribution in [2.75, 3.05) is 36.1 Å². The lowest BCUT2D eigenvalue weighted by atomic mass is 10.3. The van der Waals surface area contributed by atoms with Crippen LogP contribution in [0, 0.1) is 0 Å². The molecule has 1 rings (SSSR count). The zero-order valence-corrected chi connectivity index (χ0v) is 12.3. The van der Waals surface area contributed by atoms with E-state index in [-0.39, 0.29) is 5.75 Å². The summed E-state index contributed by atoms with van der Waals surface area (Å²) in [6.45, 7) is 3.32. The Hall–Kier alpha value is -1.27. The van der Waals surface area contributed by atoms with Gasteiger partial charge in [0.25, 0.3) is 0 Å². The number of hydrogen-bond acceptors (Lipinski definition) is 4. The Morgan fingerprint density at radius 2 is 1.79 bits per heavy atom. The van der Waals surface area contributed by atoms with Gasteiger partial charge < -0.3 is 10.1 Å². The normalized spacial score (nSPS) is 11.3. The van der Waals surface area contributed by atoms with E-state index in [1.54, 1.807) is 19.2 Å². The molecule has 0 aliphatic carbocycles. The number of rotatable bonds is 9. The van der Waals surface area contributed by atoms with Crippen LogP contribution < -0.4 is 10.0 Å². The fourth-order valence-corrected chi connectivity index (χ4v) is 2.78. The molecule has 0 aliphatic heterocycles. The van der Waals surface area contributed by atoms with Crippen molar-refractivity contribution in [2.45, 2.75) is 19.8 Å². The quantitative estimate of drug-likeness (QED) is 0.683. The number of unbranched alkanes of at least 4 members (excludes halogenated alkanes) is 1. The lowest BCUT2D eigenvalue weighted by Crippen LogP contribution is -2.16. The molecule has 2 N–H and O–H groups in total. The lowest BCUT2D eigenvalue weighted by Gasteiger charge is -2.09. The second-order valence-electron chi connectivity index (χ2n) is 4.27. The summed E-state index contributed by atoms with van der Waals surface area (Å²) in [6, 6.07) is 7.18. The van der Waals surface area contributed by atoms with E-state index in [2.05, 4.69) is 10.0 Å². The predicted octanol–water partition coefficient (Wildman–Crippen LogP) is 2.29. The van der Waals surface area contributed by atoms with E-state index in [1.807, 2.05) is 19.1 Å². The molecule has 108 valence electrons. The van der Waals surface area contributed by atoms with Crippen molar-refractivity contribution in [2.24, 2.45) is 0 Å². The monoisotopic (exact) mass is 286 g/mol. The first-order chi connectivity index (χ1) is 9.07. The van der Waals surface area contributed by atoms with E-state index in [9.17, 15) is 8.42 Å². The minimum atomic E-state index is -3.22. The van der Waals surface area contributed by atoms with Crippen LogP contribution in [-0.2, 0) is 14.8 Å². The zero-order chi connectivity index (χ0) is 14.1. The van der Waals surface area contributed by atoms with Gasteiger partial charge in [-0.15, -0.1) is 0 Å². The fourth-order valence-electron chi connectivity index (χ4n) is 1.52. The first-order valence-corrected chi connectivity index (χ1v) is 8.06. The molecule has 19 heavy (non-hydrogen) atoms. The third kappa shape index (κ3) is 6.45. The fraction of sp³-hybridized carbons (Fsp3) is 0.538. The Morgan fingerprint density at radius 3 is 2.37 bits per heavy atom. The molecule has 0 saturated heterocycles. The van der Waals surface area contributed by atoms with Gasteiger partial charge in [0.2, 0.25) is 10.0 Å². The van der Waals surface area contributed by atoms with E-state index in [0.29, 0.717) is 18.7 Å². The average molecular weight is 286 g/mol. The second kappa shape index (κ2) is 8.01. The summed E-state index contributed by atoms with van der Waals surface area (Å²) in [5.74, 6) is 0.164. The molecule has 0 unspecified atom stereocenters. The highest BCUT2D eigenvalue weighted by Crippen LogP contribution is 2.15. The van der Waals surface area contributed by atoms with E-state index < -0.39 is 10.0 Å². The van der Waals surface area contributed by atoms with Crippen LogP contribution >= 0.6 is 0 Å². The molecule has 6 heteroatoms. The number of nitrogens with one attached hydrogen (secondary N) is 2. The molecule has 0 spiro atoms. The van der Waals surface area contributed by atoms with Crippen molar-refractivity contribution in [1.29, 1.82) is 0 Å². The minimum absolute atomic E-state index is 0.164. The van der Waals surface area contributed by atoms with Gasteiger partial charge in [-0.3, -0.25) is 4.72 Å². The van der Waals surface area contributed by atoms with E-state index >= 15 is 0 Å². The summed E-state index contributed by atoms with van der Waals surface area (Å²) in [7, 11) is -1.57. The summed E-state index contributed by atoms with van der Waals surface area (Å²) in [4.78, 5) is 0. The van der Waals surface area contributed by atoms with Gasteiger partial charge in [-0.05, 0) is 30.7 Å². The SMILES string of the molecule is CCCCS(=O)(=O)Nc1ccc(NCCOC)cc1. The van der Waals surface area contributed by atoms with Crippen molar-refractivity contribution < 1.29 is 13.2 Å². The molecule has 0 fully saturated rings.